The van der Waals surface area contributed by atoms with Crippen molar-refractivity contribution in [3.05, 3.63) is 54.0 Å². The number of nitrogens with one attached hydrogen (secondary N) is 1. The summed E-state index contributed by atoms with van der Waals surface area (Å²) < 4.78 is 5.11. The Morgan fingerprint density at radius 2 is 2.35 bits per heavy atom. The van der Waals surface area contributed by atoms with Crippen molar-refractivity contribution in [2.75, 3.05) is 0 Å². The molecule has 0 spiro atoms. The molecule has 0 unspecified atom stereocenters. The van der Waals surface area contributed by atoms with Crippen LogP contribution >= 0.6 is 0 Å². The van der Waals surface area contributed by atoms with Crippen LogP contribution in [0.25, 0.3) is 6.08 Å². The molecule has 0 atom stereocenters. The van der Waals surface area contributed by atoms with Gasteiger partial charge in [0, 0.05) is 17.7 Å². The Kier molecular flexibility index (Phi) is 3.58. The molecule has 0 saturated heterocycles. The number of hydrogen-bond donors (Lipinski definition) is 1. The molecule has 1 aliphatic rings. The Labute approximate surface area is 116 Å². The molecule has 1 N–H and O–H groups in total. The Morgan fingerprint density at radius 3 is 3.10 bits per heavy atom. The fraction of sp³-hybridized carbons (Fsp3) is 0.267. The lowest BCUT2D eigenvalue weighted by molar-refractivity contribution is -0.116. The van der Waals surface area contributed by atoms with Crippen molar-refractivity contribution >= 4 is 12.0 Å². The first-order valence-electron chi connectivity index (χ1n) is 6.61. The van der Waals surface area contributed by atoms with Crippen molar-refractivity contribution in [2.45, 2.75) is 25.3 Å². The molecule has 2 aromatic heterocycles. The van der Waals surface area contributed by atoms with E-state index in [1.165, 1.54) is 18.9 Å². The maximum atomic E-state index is 11.7. The normalized spacial score (nSPS) is 14.6. The monoisotopic (exact) mass is 269 g/mol. The van der Waals surface area contributed by atoms with E-state index >= 15 is 0 Å². The smallest absolute Gasteiger partial charge is 0.244 e. The summed E-state index contributed by atoms with van der Waals surface area (Å²) in [6.07, 6.45) is 8.61. The predicted octanol–water partition coefficient (Wildman–Crippen LogP) is 2.28. The van der Waals surface area contributed by atoms with Crippen molar-refractivity contribution in [2.24, 2.45) is 0 Å². The van der Waals surface area contributed by atoms with Gasteiger partial charge in [0.25, 0.3) is 0 Å². The van der Waals surface area contributed by atoms with Gasteiger partial charge >= 0.3 is 0 Å². The molecular weight excluding hydrogens is 254 g/mol. The molecule has 20 heavy (non-hydrogen) atoms. The summed E-state index contributed by atoms with van der Waals surface area (Å²) in [6, 6.07) is 5.53. The van der Waals surface area contributed by atoms with Crippen molar-refractivity contribution in [1.82, 2.24) is 15.3 Å². The van der Waals surface area contributed by atoms with E-state index in [0.29, 0.717) is 18.2 Å². The minimum Gasteiger partial charge on any atom is -0.465 e. The first-order valence-corrected chi connectivity index (χ1v) is 6.61. The molecule has 3 rings (SSSR count). The van der Waals surface area contributed by atoms with Gasteiger partial charge in [-0.3, -0.25) is 4.79 Å². The molecule has 1 aliphatic carbocycles. The minimum atomic E-state index is -0.173. The summed E-state index contributed by atoms with van der Waals surface area (Å²) in [6.45, 7) is 0.406. The van der Waals surface area contributed by atoms with Crippen LogP contribution in [0.1, 0.15) is 35.9 Å². The third-order valence-corrected chi connectivity index (χ3v) is 3.13. The van der Waals surface area contributed by atoms with Crippen LogP contribution in [0.3, 0.4) is 0 Å². The zero-order valence-corrected chi connectivity index (χ0v) is 11.0. The lowest BCUT2D eigenvalue weighted by Crippen LogP contribution is -2.21. The van der Waals surface area contributed by atoms with Crippen LogP contribution < -0.4 is 5.32 Å². The second-order valence-electron chi connectivity index (χ2n) is 4.78. The van der Waals surface area contributed by atoms with E-state index in [-0.39, 0.29) is 5.91 Å². The number of nitrogens with zero attached hydrogens (tertiary/aromatic N) is 2. The summed E-state index contributed by atoms with van der Waals surface area (Å²) in [5.74, 6) is 1.07. The van der Waals surface area contributed by atoms with Gasteiger partial charge in [-0.05, 0) is 37.1 Å². The average molecular weight is 269 g/mol. The fourth-order valence-corrected chi connectivity index (χ4v) is 1.89. The third kappa shape index (κ3) is 3.32. The molecule has 5 heteroatoms. The van der Waals surface area contributed by atoms with Gasteiger partial charge < -0.3 is 9.73 Å². The maximum Gasteiger partial charge on any atom is 0.244 e. The standard InChI is InChI=1S/C15H15N3O2/c19-15(6-5-13-2-1-7-20-13)16-9-12-8-14(11-3-4-11)18-10-17-12/h1-2,5-8,10-11H,3-4,9H2,(H,16,19)/b6-5+. The third-order valence-electron chi connectivity index (χ3n) is 3.13. The quantitative estimate of drug-likeness (QED) is 0.845. The summed E-state index contributed by atoms with van der Waals surface area (Å²) in [4.78, 5) is 20.1. The molecular formula is C15H15N3O2. The van der Waals surface area contributed by atoms with Crippen LogP contribution in [-0.4, -0.2) is 15.9 Å². The molecule has 0 bridgehead atoms. The number of hydrogen-bond acceptors (Lipinski definition) is 4. The van der Waals surface area contributed by atoms with Crippen LogP contribution in [0.15, 0.2) is 41.3 Å². The van der Waals surface area contributed by atoms with E-state index in [2.05, 4.69) is 15.3 Å². The highest BCUT2D eigenvalue weighted by Crippen LogP contribution is 2.38. The van der Waals surface area contributed by atoms with Crippen LogP contribution in [0.4, 0.5) is 0 Å². The number of furan rings is 1. The summed E-state index contributed by atoms with van der Waals surface area (Å²) in [5.41, 5.74) is 1.91. The Morgan fingerprint density at radius 1 is 1.45 bits per heavy atom. The van der Waals surface area contributed by atoms with E-state index < -0.39 is 0 Å². The molecule has 1 fully saturated rings. The SMILES string of the molecule is O=C(/C=C/c1ccco1)NCc1cc(C2CC2)ncn1. The lowest BCUT2D eigenvalue weighted by Gasteiger charge is -2.03. The highest BCUT2D eigenvalue weighted by atomic mass is 16.3. The molecule has 1 saturated carbocycles. The molecule has 1 amide bonds. The van der Waals surface area contributed by atoms with E-state index in [0.717, 1.165) is 11.4 Å². The van der Waals surface area contributed by atoms with Crippen LogP contribution in [0.2, 0.25) is 0 Å². The van der Waals surface area contributed by atoms with Crippen LogP contribution in [0.5, 0.6) is 0 Å². The zero-order valence-electron chi connectivity index (χ0n) is 11.0. The van der Waals surface area contributed by atoms with E-state index in [9.17, 15) is 4.79 Å². The van der Waals surface area contributed by atoms with Gasteiger partial charge in [-0.2, -0.15) is 0 Å². The van der Waals surface area contributed by atoms with E-state index in [1.807, 2.05) is 6.07 Å². The van der Waals surface area contributed by atoms with Gasteiger partial charge in [-0.15, -0.1) is 0 Å². The molecule has 0 aromatic carbocycles. The van der Waals surface area contributed by atoms with Crippen molar-refractivity contribution < 1.29 is 9.21 Å². The van der Waals surface area contributed by atoms with Gasteiger partial charge in [0.15, 0.2) is 0 Å². The topological polar surface area (TPSA) is 68.0 Å². The van der Waals surface area contributed by atoms with Crippen LogP contribution in [-0.2, 0) is 11.3 Å². The maximum absolute atomic E-state index is 11.7. The summed E-state index contributed by atoms with van der Waals surface area (Å²) in [5, 5.41) is 2.79. The summed E-state index contributed by atoms with van der Waals surface area (Å²) >= 11 is 0. The van der Waals surface area contributed by atoms with Gasteiger partial charge in [-0.1, -0.05) is 0 Å². The number of rotatable bonds is 5. The van der Waals surface area contributed by atoms with Crippen molar-refractivity contribution in [3.8, 4) is 0 Å². The molecule has 0 aliphatic heterocycles. The lowest BCUT2D eigenvalue weighted by atomic mass is 10.2. The van der Waals surface area contributed by atoms with Crippen LogP contribution in [0, 0.1) is 0 Å². The first kappa shape index (κ1) is 12.6. The Balaban J connectivity index is 1.53. The Hall–Kier alpha value is -2.43. The Bertz CT molecular complexity index is 616. The van der Waals surface area contributed by atoms with Crippen molar-refractivity contribution in [1.29, 1.82) is 0 Å². The fourth-order valence-electron chi connectivity index (χ4n) is 1.89. The molecule has 2 aromatic rings. The minimum absolute atomic E-state index is 0.173. The van der Waals surface area contributed by atoms with Gasteiger partial charge in [0.05, 0.1) is 18.5 Å². The first-order chi connectivity index (χ1) is 9.81. The predicted molar refractivity (Wildman–Crippen MR) is 73.6 cm³/mol. The highest BCUT2D eigenvalue weighted by molar-refractivity contribution is 5.91. The zero-order chi connectivity index (χ0) is 13.8. The molecule has 5 nitrogen and oxygen atoms in total. The number of carbonyl (C=O) groups is 1. The van der Waals surface area contributed by atoms with E-state index in [4.69, 9.17) is 4.42 Å². The number of amides is 1. The van der Waals surface area contributed by atoms with Gasteiger partial charge in [0.1, 0.15) is 12.1 Å². The van der Waals surface area contributed by atoms with Gasteiger partial charge in [0.2, 0.25) is 5.91 Å². The molecule has 2 heterocycles. The second-order valence-corrected chi connectivity index (χ2v) is 4.78. The largest absolute Gasteiger partial charge is 0.465 e. The van der Waals surface area contributed by atoms with E-state index in [1.54, 1.807) is 30.8 Å². The second kappa shape index (κ2) is 5.69. The highest BCUT2D eigenvalue weighted by Gasteiger charge is 2.25. The van der Waals surface area contributed by atoms with Crippen molar-refractivity contribution in [3.63, 3.8) is 0 Å². The number of aromatic nitrogens is 2. The molecule has 0 radical (unpaired) electrons. The summed E-state index contributed by atoms with van der Waals surface area (Å²) in [7, 11) is 0. The van der Waals surface area contributed by atoms with Gasteiger partial charge in [-0.25, -0.2) is 9.97 Å². The average Bonchev–Trinajstić information content (AvgIpc) is 3.20. The molecule has 102 valence electrons. The number of carbonyl (C=O) groups excluding carboxylic acids is 1.